The van der Waals surface area contributed by atoms with Gasteiger partial charge in [0.15, 0.2) is 31.0 Å². The smallest absolute Gasteiger partial charge is 0.290 e. The Morgan fingerprint density at radius 1 is 0.149 bits per heavy atom. The predicted octanol–water partition coefficient (Wildman–Crippen LogP) is 32.8. The third kappa shape index (κ3) is 62.1. The van der Waals surface area contributed by atoms with Crippen LogP contribution in [0.3, 0.4) is 0 Å². The van der Waals surface area contributed by atoms with Crippen LogP contribution in [-0.2, 0) is 0 Å². The zero-order chi connectivity index (χ0) is 109. The monoisotopic (exact) mass is 2020 g/mol. The first kappa shape index (κ1) is 150. The SMILES string of the molecule is C.C.C.C.CC.CC.CC.CC.CC.CC.CC.CC.CC.CC.CCC.CCC.CCC.CCCC.CCCC.[O-][n+]1cc[n+]([O-])c2ccccc21.[O-][n+]1cccc2c1ccc[n+]2[O-].[O-][n+]1cccc2ccccc21.[O-][n+]1cccc2ncccc21.[O-][n+]1ccnc2ccccc21.c1ccc2ncccc2c1.c1ccc2nccnc2c1.c1ccc2nccnc2c1.c1cnc2cccnc2c1.c1cnc2cccnc2c1. The molecule has 0 fully saturated rings. The van der Waals surface area contributed by atoms with Crippen molar-refractivity contribution in [3.05, 3.63) is 415 Å². The summed E-state index contributed by atoms with van der Waals surface area (Å²) in [4.78, 5) is 45.2. The molecule has 0 amide bonds. The van der Waals surface area contributed by atoms with Gasteiger partial charge in [0.25, 0.3) is 22.1 Å². The minimum absolute atomic E-state index is 0. The molecule has 806 valence electrons. The second-order valence-electron chi connectivity index (χ2n) is 26.3. The number of unbranched alkanes of at least 4 members (excludes halogenated alkanes) is 2. The Balaban J connectivity index is -0.000000199. The van der Waals surface area contributed by atoms with Gasteiger partial charge >= 0.3 is 0 Å². The van der Waals surface area contributed by atoms with Crippen molar-refractivity contribution in [1.29, 1.82) is 0 Å². The summed E-state index contributed by atoms with van der Waals surface area (Å²) in [7, 11) is 0. The lowest BCUT2D eigenvalue weighted by molar-refractivity contribution is -0.628. The quantitative estimate of drug-likeness (QED) is 0.115. The molecule has 0 saturated heterocycles. The number of nitrogens with zero attached hydrogens (tertiary/aromatic N) is 18. The molecule has 0 N–H and O–H groups in total. The summed E-state index contributed by atoms with van der Waals surface area (Å²) in [6, 6.07) is 81.4. The van der Waals surface area contributed by atoms with E-state index in [0.717, 1.165) is 85.8 Å². The van der Waals surface area contributed by atoms with Crippen LogP contribution in [0.15, 0.2) is 378 Å². The molecule has 0 spiro atoms. The molecule has 0 aliphatic heterocycles. The maximum absolute atomic E-state index is 11.1. The van der Waals surface area contributed by atoms with E-state index in [2.05, 4.69) is 136 Å². The van der Waals surface area contributed by atoms with E-state index < -0.39 is 0 Å². The minimum Gasteiger partial charge on any atom is -0.618 e. The fourth-order valence-corrected chi connectivity index (χ4v) is 10.1. The Labute approximate surface area is 890 Å². The summed E-state index contributed by atoms with van der Waals surface area (Å²) in [5, 5.41) is 79.8. The first-order valence-corrected chi connectivity index (χ1v) is 50.9. The van der Waals surface area contributed by atoms with Crippen molar-refractivity contribution in [3.8, 4) is 0 Å². The summed E-state index contributed by atoms with van der Waals surface area (Å²) in [6.07, 6.45) is 37.3. The Morgan fingerprint density at radius 2 is 0.304 bits per heavy atom. The number of hydrogen-bond donors (Lipinski definition) is 0. The summed E-state index contributed by atoms with van der Waals surface area (Å²) < 4.78 is 5.17. The maximum Gasteiger partial charge on any atom is 0.290 e. The molecule has 0 atom stereocenters. The molecule has 0 saturated carbocycles. The van der Waals surface area contributed by atoms with Gasteiger partial charge in [-0.3, -0.25) is 44.9 Å². The summed E-state index contributed by atoms with van der Waals surface area (Å²) >= 11 is 0. The Morgan fingerprint density at radius 3 is 0.601 bits per heavy atom. The summed E-state index contributed by atoms with van der Waals surface area (Å²) in [5.41, 5.74) is 13.6. The average molecular weight is 2020 g/mol. The van der Waals surface area contributed by atoms with Crippen molar-refractivity contribution in [1.82, 2.24) is 54.8 Å². The standard InChI is InChI=1S/C9H7NO.C9H7N.2C8H6N2O2.2C8H6N2O.4C8H6N2.2C4H10.3C3H8.10C2H6.4CH4/c11-10-7-3-5-8-4-1-2-6-9(8)10;1-2-6-9-8(4-1)5-3-7-10-9;11-9-5-1-3-7-8(9)4-2-6-10(7)12;11-9-5-6-10(12)8-4-2-1-3-7(8)9;11-10-6-2-3-7-8(10)4-1-5-9-7;11-10-6-5-9-7-3-1-2-4-8(7)10;2*1-3-7-8(9-5-1)4-2-6-10-7;2*1-2-4-8-7(3-1)9-5-6-10-8;2*1-3-4-2;3*1-3-2;10*1-2;;;;/h1-7H;1-7H;2*1-6H;2*1-6H;4*1-6H;2*3-4H2,1-2H3;3*3H2,1-2H3;10*1-2H3;4*1H4. The summed E-state index contributed by atoms with van der Waals surface area (Å²) in [5.74, 6) is 0. The molecule has 0 bridgehead atoms. The zero-order valence-electron chi connectivity index (χ0n) is 91.7. The molecule has 6 aromatic carbocycles. The van der Waals surface area contributed by atoms with Crippen molar-refractivity contribution in [2.45, 2.75) is 282 Å². The van der Waals surface area contributed by atoms with Gasteiger partial charge in [0.05, 0.1) is 55.8 Å². The predicted molar refractivity (Wildman–Crippen MR) is 637 cm³/mol. The maximum atomic E-state index is 11.1. The number of fused-ring (bicyclic) bond motifs is 10. The Kier molecular flexibility index (Phi) is 107. The number of pyridine rings is 10. The van der Waals surface area contributed by atoms with E-state index in [9.17, 15) is 36.5 Å². The third-order valence-corrected chi connectivity index (χ3v) is 16.1. The lowest BCUT2D eigenvalue weighted by Gasteiger charge is -2.00. The highest BCUT2D eigenvalue weighted by Crippen LogP contribution is 2.13. The number of hydrogen-bond acceptors (Lipinski definition) is 18. The lowest BCUT2D eigenvalue weighted by Crippen LogP contribution is -2.36. The van der Waals surface area contributed by atoms with E-state index in [1.165, 1.54) is 99.9 Å². The second-order valence-corrected chi connectivity index (χ2v) is 26.3. The molecule has 20 rings (SSSR count). The number of benzene rings is 6. The van der Waals surface area contributed by atoms with Gasteiger partial charge in [-0.1, -0.05) is 367 Å². The normalized spacial score (nSPS) is 8.50. The van der Waals surface area contributed by atoms with Crippen LogP contribution in [0.1, 0.15) is 282 Å². The van der Waals surface area contributed by atoms with Crippen molar-refractivity contribution in [2.24, 2.45) is 0 Å². The molecular formula is C123H182N18O7. The topological polar surface area (TPSA) is 330 Å². The fourth-order valence-electron chi connectivity index (χ4n) is 10.1. The van der Waals surface area contributed by atoms with Crippen LogP contribution in [0.4, 0.5) is 0 Å². The Hall–Kier alpha value is -15.7. The number of para-hydroxylation sites is 10. The first-order valence-electron chi connectivity index (χ1n) is 50.9. The molecule has 25 nitrogen and oxygen atoms in total. The van der Waals surface area contributed by atoms with Crippen LogP contribution in [0, 0.1) is 36.5 Å². The van der Waals surface area contributed by atoms with Gasteiger partial charge in [-0.2, -0.15) is 33.1 Å². The highest BCUT2D eigenvalue weighted by molar-refractivity contribution is 5.79. The van der Waals surface area contributed by atoms with Crippen LogP contribution in [0.2, 0.25) is 0 Å². The molecule has 0 aliphatic rings. The molecule has 14 heterocycles. The fraction of sp³-hybridized carbons (Fsp3) is 0.333. The van der Waals surface area contributed by atoms with Gasteiger partial charge in [-0.05, 0) is 115 Å². The van der Waals surface area contributed by atoms with Crippen molar-refractivity contribution in [2.75, 3.05) is 0 Å². The molecule has 148 heavy (non-hydrogen) atoms. The van der Waals surface area contributed by atoms with Crippen LogP contribution >= 0.6 is 0 Å². The van der Waals surface area contributed by atoms with E-state index in [1.54, 1.807) is 135 Å². The third-order valence-electron chi connectivity index (χ3n) is 16.1. The molecule has 0 radical (unpaired) electrons. The highest BCUT2D eigenvalue weighted by atomic mass is 16.5. The molecule has 14 aromatic heterocycles. The van der Waals surface area contributed by atoms with Gasteiger partial charge in [-0.25, -0.2) is 9.97 Å². The highest BCUT2D eigenvalue weighted by Gasteiger charge is 2.11. The number of rotatable bonds is 2. The van der Waals surface area contributed by atoms with E-state index in [0.29, 0.717) is 52.0 Å². The van der Waals surface area contributed by atoms with Gasteiger partial charge in [0.1, 0.15) is 11.0 Å². The van der Waals surface area contributed by atoms with Crippen molar-refractivity contribution in [3.63, 3.8) is 0 Å². The van der Waals surface area contributed by atoms with Crippen LogP contribution in [0.25, 0.3) is 110 Å². The number of aromatic nitrogens is 18. The molecule has 0 unspecified atom stereocenters. The van der Waals surface area contributed by atoms with Crippen molar-refractivity contribution >= 4 is 110 Å². The van der Waals surface area contributed by atoms with Gasteiger partial charge in [0, 0.05) is 139 Å². The van der Waals surface area contributed by atoms with E-state index in [1.807, 2.05) is 321 Å². The van der Waals surface area contributed by atoms with E-state index in [-0.39, 0.29) is 29.7 Å². The minimum atomic E-state index is 0. The van der Waals surface area contributed by atoms with Crippen LogP contribution in [0.5, 0.6) is 0 Å². The van der Waals surface area contributed by atoms with E-state index in [4.69, 9.17) is 0 Å². The zero-order valence-corrected chi connectivity index (χ0v) is 91.7. The molecule has 0 aliphatic carbocycles. The van der Waals surface area contributed by atoms with E-state index >= 15 is 0 Å². The molecule has 25 heteroatoms. The van der Waals surface area contributed by atoms with Gasteiger partial charge in [0.2, 0.25) is 28.9 Å². The van der Waals surface area contributed by atoms with Gasteiger partial charge < -0.3 is 36.5 Å². The second kappa shape index (κ2) is 106. The largest absolute Gasteiger partial charge is 0.618 e. The summed E-state index contributed by atoms with van der Waals surface area (Å²) in [6.45, 7) is 61.5. The van der Waals surface area contributed by atoms with Gasteiger partial charge in [-0.15, -0.1) is 0 Å². The molecule has 20 aromatic rings. The lowest BCUT2D eigenvalue weighted by atomic mass is 10.2. The van der Waals surface area contributed by atoms with Crippen molar-refractivity contribution < 1.29 is 33.1 Å². The average Bonchev–Trinajstić information content (AvgIpc) is 0.820. The first-order chi connectivity index (χ1) is 70.6. The molecular weight excluding hydrogens is 1840 g/mol. The van der Waals surface area contributed by atoms with Crippen LogP contribution < -0.4 is 33.1 Å². The van der Waals surface area contributed by atoms with Crippen LogP contribution in [-0.4, -0.2) is 54.8 Å². The Bertz CT molecular complexity index is 5320.